The summed E-state index contributed by atoms with van der Waals surface area (Å²) in [5.74, 6) is -0.120. The summed E-state index contributed by atoms with van der Waals surface area (Å²) in [4.78, 5) is 28.2. The summed E-state index contributed by atoms with van der Waals surface area (Å²) in [7, 11) is 0. The van der Waals surface area contributed by atoms with Gasteiger partial charge in [-0.3, -0.25) is 9.59 Å². The SMILES string of the molecule is CCC(=O)Nc1nc(C)c(C(=O)C=Cc2ccc(O)cc2)s1. The number of aromatic nitrogens is 1. The number of nitrogens with one attached hydrogen (secondary N) is 1. The summed E-state index contributed by atoms with van der Waals surface area (Å²) in [5.41, 5.74) is 1.41. The maximum absolute atomic E-state index is 12.2. The van der Waals surface area contributed by atoms with Gasteiger partial charge in [0.2, 0.25) is 5.91 Å². The summed E-state index contributed by atoms with van der Waals surface area (Å²) in [6, 6.07) is 6.54. The molecule has 0 atom stereocenters. The first-order valence-corrected chi connectivity index (χ1v) is 7.60. The van der Waals surface area contributed by atoms with E-state index in [1.165, 1.54) is 17.4 Å². The highest BCUT2D eigenvalue weighted by Crippen LogP contribution is 2.24. The van der Waals surface area contributed by atoms with Gasteiger partial charge < -0.3 is 10.4 Å². The molecule has 0 unspecified atom stereocenters. The number of hydrogen-bond donors (Lipinski definition) is 2. The fourth-order valence-electron chi connectivity index (χ4n) is 1.72. The van der Waals surface area contributed by atoms with Gasteiger partial charge in [0, 0.05) is 6.42 Å². The van der Waals surface area contributed by atoms with Gasteiger partial charge >= 0.3 is 0 Å². The topological polar surface area (TPSA) is 79.3 Å². The maximum atomic E-state index is 12.2. The third-order valence-corrected chi connectivity index (χ3v) is 4.00. The molecule has 1 aromatic carbocycles. The molecule has 5 nitrogen and oxygen atoms in total. The normalized spacial score (nSPS) is 10.8. The summed E-state index contributed by atoms with van der Waals surface area (Å²) < 4.78 is 0. The minimum Gasteiger partial charge on any atom is -0.508 e. The third kappa shape index (κ3) is 4.02. The molecule has 2 aromatic rings. The Hall–Kier alpha value is -2.47. The van der Waals surface area contributed by atoms with E-state index < -0.39 is 0 Å². The first-order valence-electron chi connectivity index (χ1n) is 6.78. The van der Waals surface area contributed by atoms with Crippen molar-refractivity contribution in [1.29, 1.82) is 0 Å². The van der Waals surface area contributed by atoms with Crippen molar-refractivity contribution in [3.63, 3.8) is 0 Å². The van der Waals surface area contributed by atoms with Crippen LogP contribution in [0.15, 0.2) is 30.3 Å². The number of aryl methyl sites for hydroxylation is 1. The molecule has 22 heavy (non-hydrogen) atoms. The highest BCUT2D eigenvalue weighted by molar-refractivity contribution is 7.18. The van der Waals surface area contributed by atoms with Gasteiger partial charge in [0.25, 0.3) is 0 Å². The Morgan fingerprint density at radius 3 is 2.64 bits per heavy atom. The second-order valence-electron chi connectivity index (χ2n) is 4.62. The first-order chi connectivity index (χ1) is 10.5. The van der Waals surface area contributed by atoms with Crippen molar-refractivity contribution < 1.29 is 14.7 Å². The number of thiazole rings is 1. The zero-order valence-electron chi connectivity index (χ0n) is 12.3. The van der Waals surface area contributed by atoms with Crippen molar-refractivity contribution in [2.24, 2.45) is 0 Å². The van der Waals surface area contributed by atoms with Gasteiger partial charge in [-0.05, 0) is 30.7 Å². The van der Waals surface area contributed by atoms with E-state index in [4.69, 9.17) is 0 Å². The lowest BCUT2D eigenvalue weighted by Gasteiger charge is -1.95. The highest BCUT2D eigenvalue weighted by atomic mass is 32.1. The molecule has 1 heterocycles. The molecule has 0 bridgehead atoms. The molecule has 0 spiro atoms. The molecule has 0 radical (unpaired) electrons. The zero-order valence-corrected chi connectivity index (χ0v) is 13.1. The molecule has 2 rings (SSSR count). The second kappa shape index (κ2) is 7.00. The molecule has 2 N–H and O–H groups in total. The predicted molar refractivity (Wildman–Crippen MR) is 87.2 cm³/mol. The van der Waals surface area contributed by atoms with E-state index in [1.807, 2.05) is 0 Å². The first kappa shape index (κ1) is 15.9. The zero-order chi connectivity index (χ0) is 16.1. The largest absolute Gasteiger partial charge is 0.508 e. The van der Waals surface area contributed by atoms with Gasteiger partial charge in [0.15, 0.2) is 10.9 Å². The number of ketones is 1. The number of allylic oxidation sites excluding steroid dienone is 1. The number of anilines is 1. The number of benzene rings is 1. The van der Waals surface area contributed by atoms with Crippen LogP contribution in [0, 0.1) is 6.92 Å². The summed E-state index contributed by atoms with van der Waals surface area (Å²) >= 11 is 1.17. The maximum Gasteiger partial charge on any atom is 0.225 e. The lowest BCUT2D eigenvalue weighted by Crippen LogP contribution is -2.08. The van der Waals surface area contributed by atoms with E-state index in [-0.39, 0.29) is 17.4 Å². The number of phenolic OH excluding ortho intramolecular Hbond substituents is 1. The molecular weight excluding hydrogens is 300 g/mol. The van der Waals surface area contributed by atoms with E-state index in [2.05, 4.69) is 10.3 Å². The number of aromatic hydroxyl groups is 1. The van der Waals surface area contributed by atoms with Crippen LogP contribution in [0.5, 0.6) is 5.75 Å². The Bertz CT molecular complexity index is 717. The Morgan fingerprint density at radius 1 is 1.32 bits per heavy atom. The number of amides is 1. The summed E-state index contributed by atoms with van der Waals surface area (Å²) in [6.45, 7) is 3.49. The Balaban J connectivity index is 2.12. The number of hydrogen-bond acceptors (Lipinski definition) is 5. The van der Waals surface area contributed by atoms with Crippen LogP contribution in [0.1, 0.15) is 34.3 Å². The molecule has 0 saturated carbocycles. The van der Waals surface area contributed by atoms with Crippen molar-refractivity contribution in [3.8, 4) is 5.75 Å². The van der Waals surface area contributed by atoms with Crippen molar-refractivity contribution in [3.05, 3.63) is 46.5 Å². The van der Waals surface area contributed by atoms with E-state index in [9.17, 15) is 14.7 Å². The van der Waals surface area contributed by atoms with Gasteiger partial charge in [-0.1, -0.05) is 36.5 Å². The van der Waals surface area contributed by atoms with Crippen LogP contribution in [0.3, 0.4) is 0 Å². The molecule has 0 aliphatic heterocycles. The fourth-order valence-corrected chi connectivity index (χ4v) is 2.62. The highest BCUT2D eigenvalue weighted by Gasteiger charge is 2.14. The Labute approximate surface area is 132 Å². The molecule has 0 aliphatic rings. The second-order valence-corrected chi connectivity index (χ2v) is 5.62. The number of carbonyl (C=O) groups excluding carboxylic acids is 2. The minimum atomic E-state index is -0.167. The van der Waals surface area contributed by atoms with Crippen LogP contribution in [-0.2, 0) is 4.79 Å². The molecule has 1 amide bonds. The van der Waals surface area contributed by atoms with Crippen molar-refractivity contribution in [2.45, 2.75) is 20.3 Å². The van der Waals surface area contributed by atoms with Crippen molar-refractivity contribution >= 4 is 34.2 Å². The molecule has 6 heteroatoms. The monoisotopic (exact) mass is 316 g/mol. The minimum absolute atomic E-state index is 0.132. The smallest absolute Gasteiger partial charge is 0.225 e. The number of carbonyl (C=O) groups is 2. The molecule has 0 saturated heterocycles. The molecule has 0 fully saturated rings. The molecule has 114 valence electrons. The van der Waals surface area contributed by atoms with Crippen molar-refractivity contribution in [2.75, 3.05) is 5.32 Å². The van der Waals surface area contributed by atoms with Gasteiger partial charge in [-0.15, -0.1) is 0 Å². The van der Waals surface area contributed by atoms with Gasteiger partial charge in [0.1, 0.15) is 5.75 Å². The fraction of sp³-hybridized carbons (Fsp3) is 0.188. The lowest BCUT2D eigenvalue weighted by molar-refractivity contribution is -0.115. The van der Waals surface area contributed by atoms with Crippen LogP contribution < -0.4 is 5.32 Å². The number of phenols is 1. The van der Waals surface area contributed by atoms with Crippen LogP contribution >= 0.6 is 11.3 Å². The van der Waals surface area contributed by atoms with Crippen LogP contribution in [0.25, 0.3) is 6.08 Å². The Morgan fingerprint density at radius 2 is 2.00 bits per heavy atom. The standard InChI is InChI=1S/C16H16N2O3S/c1-3-14(21)18-16-17-10(2)15(22-16)13(20)9-6-11-4-7-12(19)8-5-11/h4-9,19H,3H2,1-2H3,(H,17,18,21). The van der Waals surface area contributed by atoms with Crippen LogP contribution in [0.4, 0.5) is 5.13 Å². The van der Waals surface area contributed by atoms with Crippen LogP contribution in [0.2, 0.25) is 0 Å². The predicted octanol–water partition coefficient (Wildman–Crippen LogP) is 3.40. The van der Waals surface area contributed by atoms with Gasteiger partial charge in [-0.2, -0.15) is 0 Å². The molecule has 0 aliphatic carbocycles. The quantitative estimate of drug-likeness (QED) is 0.654. The summed E-state index contributed by atoms with van der Waals surface area (Å²) in [6.07, 6.45) is 3.49. The van der Waals surface area contributed by atoms with Crippen LogP contribution in [-0.4, -0.2) is 21.8 Å². The Kier molecular flexibility index (Phi) is 5.06. The van der Waals surface area contributed by atoms with E-state index in [0.717, 1.165) is 5.56 Å². The van der Waals surface area contributed by atoms with E-state index in [1.54, 1.807) is 44.2 Å². The third-order valence-electron chi connectivity index (χ3n) is 2.91. The molecule has 1 aromatic heterocycles. The van der Waals surface area contributed by atoms with E-state index >= 15 is 0 Å². The average molecular weight is 316 g/mol. The van der Waals surface area contributed by atoms with E-state index in [0.29, 0.717) is 22.1 Å². The number of nitrogens with zero attached hydrogens (tertiary/aromatic N) is 1. The average Bonchev–Trinajstić information content (AvgIpc) is 2.86. The lowest BCUT2D eigenvalue weighted by atomic mass is 10.1. The van der Waals surface area contributed by atoms with Gasteiger partial charge in [-0.25, -0.2) is 4.98 Å². The van der Waals surface area contributed by atoms with Gasteiger partial charge in [0.05, 0.1) is 10.6 Å². The van der Waals surface area contributed by atoms with Crippen molar-refractivity contribution in [1.82, 2.24) is 4.98 Å². The summed E-state index contributed by atoms with van der Waals surface area (Å²) in [5, 5.41) is 12.3. The number of rotatable bonds is 5. The molecular formula is C16H16N2O3S.